The molecule has 18 heteroatoms. The van der Waals surface area contributed by atoms with Crippen molar-refractivity contribution in [2.75, 3.05) is 0 Å². The molecule has 4 nitrogen and oxygen atoms in total. The first-order chi connectivity index (χ1) is 17.7. The van der Waals surface area contributed by atoms with Crippen LogP contribution in [0.15, 0.2) is 61.7 Å². The van der Waals surface area contributed by atoms with Gasteiger partial charge < -0.3 is 0 Å². The summed E-state index contributed by atoms with van der Waals surface area (Å²) < 4.78 is 127. The zero-order valence-corrected chi connectivity index (χ0v) is 23.4. The number of benzene rings is 1. The number of hydrogen-bond donors (Lipinski definition) is 0. The molecule has 0 saturated carbocycles. The van der Waals surface area contributed by atoms with Crippen LogP contribution in [-0.4, -0.2) is 9.13 Å². The Bertz CT molecular complexity index is 1100. The molecule has 0 fully saturated rings. The molecule has 2 aromatic heterocycles. The molecule has 234 valence electrons. The number of hydrogen-bond acceptors (Lipinski definition) is 0. The Kier molecular flexibility index (Phi) is 10.3. The summed E-state index contributed by atoms with van der Waals surface area (Å²) in [5.74, 6) is 0. The molecule has 0 aliphatic carbocycles. The van der Waals surface area contributed by atoms with E-state index in [0.29, 0.717) is 0 Å². The van der Waals surface area contributed by atoms with Gasteiger partial charge in [-0.15, -0.1) is 0 Å². The standard InChI is InChI=1S/C22H32N4.2F6P/c1-3-5-10-23-12-14-25(19-23)17-21-8-7-9-22(16-21)18-26-15-13-24(20-26)11-6-4-2;2*1-7(2,3,4,5)6/h7-9,12-16,19-20H,3-6,10-11,17-18H2,1-2H3;;/q+2;2*-1. The number of nitrogens with zero attached hydrogens (tertiary/aromatic N) is 4. The zero-order chi connectivity index (χ0) is 31.0. The maximum absolute atomic E-state index is 10.7. The fourth-order valence-corrected chi connectivity index (χ4v) is 3.26. The fourth-order valence-electron chi connectivity index (χ4n) is 3.26. The number of imidazole rings is 2. The van der Waals surface area contributed by atoms with Crippen LogP contribution in [0.25, 0.3) is 0 Å². The van der Waals surface area contributed by atoms with Crippen molar-refractivity contribution in [1.82, 2.24) is 9.13 Å². The summed E-state index contributed by atoms with van der Waals surface area (Å²) >= 11 is 0. The van der Waals surface area contributed by atoms with Crippen LogP contribution in [0, 0.1) is 0 Å². The van der Waals surface area contributed by atoms with Crippen molar-refractivity contribution in [3.05, 3.63) is 72.8 Å². The van der Waals surface area contributed by atoms with Gasteiger partial charge in [-0.3, -0.25) is 0 Å². The van der Waals surface area contributed by atoms with Gasteiger partial charge in [0.1, 0.15) is 37.9 Å². The topological polar surface area (TPSA) is 17.6 Å². The Balaban J connectivity index is 0.000000473. The first-order valence-corrected chi connectivity index (χ1v) is 16.0. The van der Waals surface area contributed by atoms with Gasteiger partial charge in [-0.05, 0) is 30.0 Å². The van der Waals surface area contributed by atoms with E-state index in [1.807, 2.05) is 0 Å². The van der Waals surface area contributed by atoms with Crippen molar-refractivity contribution in [2.45, 2.75) is 65.7 Å². The van der Waals surface area contributed by atoms with E-state index in [0.717, 1.165) is 26.2 Å². The van der Waals surface area contributed by atoms with E-state index in [1.54, 1.807) is 0 Å². The van der Waals surface area contributed by atoms with Gasteiger partial charge in [0, 0.05) is 0 Å². The van der Waals surface area contributed by atoms with E-state index in [9.17, 15) is 50.4 Å². The predicted octanol–water partition coefficient (Wildman–Crippen LogP) is 10.3. The predicted molar refractivity (Wildman–Crippen MR) is 131 cm³/mol. The Hall–Kier alpha value is -2.34. The molecule has 0 radical (unpaired) electrons. The normalized spacial score (nSPS) is 15.3. The molecule has 0 amide bonds. The second-order valence-electron chi connectivity index (χ2n) is 9.09. The number of aryl methyl sites for hydroxylation is 2. The number of halogens is 12. The zero-order valence-electron chi connectivity index (χ0n) is 21.6. The Morgan fingerprint density at radius 2 is 0.925 bits per heavy atom. The van der Waals surface area contributed by atoms with Crippen LogP contribution in [0.5, 0.6) is 0 Å². The molecular formula is C22H32F12N4P2. The SMILES string of the molecule is CCCCn1cc[n+](Cc2cccc(C[n+]3ccn(CCCC)c3)c2)c1.F[P-](F)(F)(F)(F)F.F[P-](F)(F)(F)(F)F. The monoisotopic (exact) mass is 642 g/mol. The molecule has 0 bridgehead atoms. The van der Waals surface area contributed by atoms with Gasteiger partial charge in [-0.25, -0.2) is 18.3 Å². The van der Waals surface area contributed by atoms with E-state index >= 15 is 0 Å². The minimum atomic E-state index is -10.7. The quantitative estimate of drug-likeness (QED) is 0.119. The number of aromatic nitrogens is 4. The average Bonchev–Trinajstić information content (AvgIpc) is 3.35. The molecule has 0 N–H and O–H groups in total. The first-order valence-electron chi connectivity index (χ1n) is 12.0. The van der Waals surface area contributed by atoms with Crippen molar-refractivity contribution in [3.63, 3.8) is 0 Å². The molecule has 3 aromatic rings. The summed E-state index contributed by atoms with van der Waals surface area (Å²) in [6.07, 6.45) is 18.1. The van der Waals surface area contributed by atoms with Crippen molar-refractivity contribution in [3.8, 4) is 0 Å². The fraction of sp³-hybridized carbons (Fsp3) is 0.455. The molecule has 0 spiro atoms. The average molecular weight is 642 g/mol. The summed E-state index contributed by atoms with van der Waals surface area (Å²) in [6, 6.07) is 8.94. The third-order valence-corrected chi connectivity index (χ3v) is 4.75. The van der Waals surface area contributed by atoms with Gasteiger partial charge >= 0.3 is 66.0 Å². The van der Waals surface area contributed by atoms with Crippen LogP contribution in [-0.2, 0) is 26.2 Å². The molecular weight excluding hydrogens is 610 g/mol. The summed E-state index contributed by atoms with van der Waals surface area (Å²) in [5.41, 5.74) is 2.71. The first kappa shape index (κ1) is 35.7. The molecule has 1 aromatic carbocycles. The summed E-state index contributed by atoms with van der Waals surface area (Å²) in [6.45, 7) is 8.53. The molecule has 40 heavy (non-hydrogen) atoms. The van der Waals surface area contributed by atoms with E-state index < -0.39 is 15.6 Å². The third kappa shape index (κ3) is 24.7. The Morgan fingerprint density at radius 1 is 0.600 bits per heavy atom. The van der Waals surface area contributed by atoms with E-state index in [1.165, 1.54) is 36.8 Å². The van der Waals surface area contributed by atoms with Crippen LogP contribution < -0.4 is 9.13 Å². The van der Waals surface area contributed by atoms with Crippen LogP contribution in [0.1, 0.15) is 50.7 Å². The summed E-state index contributed by atoms with van der Waals surface area (Å²) in [7, 11) is -21.3. The van der Waals surface area contributed by atoms with Gasteiger partial charge in [-0.2, -0.15) is 0 Å². The molecule has 2 heterocycles. The van der Waals surface area contributed by atoms with Crippen LogP contribution in [0.4, 0.5) is 50.4 Å². The van der Waals surface area contributed by atoms with Crippen molar-refractivity contribution >= 4 is 15.6 Å². The molecule has 0 aliphatic rings. The van der Waals surface area contributed by atoms with Crippen LogP contribution >= 0.6 is 15.6 Å². The van der Waals surface area contributed by atoms with Crippen molar-refractivity contribution in [1.29, 1.82) is 0 Å². The summed E-state index contributed by atoms with van der Waals surface area (Å²) in [5, 5.41) is 0. The molecule has 0 unspecified atom stereocenters. The van der Waals surface area contributed by atoms with Crippen LogP contribution in [0.2, 0.25) is 0 Å². The number of rotatable bonds is 10. The summed E-state index contributed by atoms with van der Waals surface area (Å²) in [4.78, 5) is 0. The van der Waals surface area contributed by atoms with Gasteiger partial charge in [0.25, 0.3) is 0 Å². The second kappa shape index (κ2) is 11.5. The Morgan fingerprint density at radius 3 is 1.23 bits per heavy atom. The van der Waals surface area contributed by atoms with Crippen LogP contribution in [0.3, 0.4) is 0 Å². The molecule has 0 aliphatic heterocycles. The van der Waals surface area contributed by atoms with Gasteiger partial charge in [0.2, 0.25) is 12.7 Å². The maximum atomic E-state index is 9.87. The van der Waals surface area contributed by atoms with E-state index in [2.05, 4.69) is 93.8 Å². The van der Waals surface area contributed by atoms with Gasteiger partial charge in [0.05, 0.1) is 13.1 Å². The van der Waals surface area contributed by atoms with Gasteiger partial charge in [-0.1, -0.05) is 44.9 Å². The molecule has 3 rings (SSSR count). The Labute approximate surface area is 223 Å². The second-order valence-corrected chi connectivity index (χ2v) is 12.9. The van der Waals surface area contributed by atoms with Crippen molar-refractivity contribution in [2.24, 2.45) is 0 Å². The number of unbranched alkanes of at least 4 members (excludes halogenated alkanes) is 2. The third-order valence-electron chi connectivity index (χ3n) is 4.75. The molecule has 0 atom stereocenters. The van der Waals surface area contributed by atoms with Gasteiger partial charge in [0.15, 0.2) is 0 Å². The van der Waals surface area contributed by atoms with Crippen molar-refractivity contribution < 1.29 is 59.5 Å². The van der Waals surface area contributed by atoms with E-state index in [4.69, 9.17) is 0 Å². The minimum absolute atomic E-state index is 0.926. The van der Waals surface area contributed by atoms with E-state index in [-0.39, 0.29) is 0 Å². The molecule has 0 saturated heterocycles.